The van der Waals surface area contributed by atoms with Gasteiger partial charge in [-0.2, -0.15) is 0 Å². The first-order valence-electron chi connectivity index (χ1n) is 8.55. The van der Waals surface area contributed by atoms with E-state index in [4.69, 9.17) is 0 Å². The van der Waals surface area contributed by atoms with Gasteiger partial charge >= 0.3 is 0 Å². The number of nitrogens with one attached hydrogen (secondary N) is 1. The highest BCUT2D eigenvalue weighted by Crippen LogP contribution is 2.33. The van der Waals surface area contributed by atoms with Gasteiger partial charge in [0.25, 0.3) is 0 Å². The standard InChI is InChI=1S/C20H17F3N4/c1-11-20-25-10-13(9-24-2)27(20)17-7-6-12(21)8-14(17)19(26-11)18-15(22)4-3-5-16(18)23/h3-8,10-11,24H,9H2,1-2H3. The molecule has 0 bridgehead atoms. The third-order valence-corrected chi connectivity index (χ3v) is 4.57. The lowest BCUT2D eigenvalue weighted by Gasteiger charge is -2.15. The van der Waals surface area contributed by atoms with Gasteiger partial charge in [0.2, 0.25) is 0 Å². The maximum atomic E-state index is 14.5. The van der Waals surface area contributed by atoms with Crippen molar-refractivity contribution in [1.29, 1.82) is 0 Å². The lowest BCUT2D eigenvalue weighted by atomic mass is 9.99. The van der Waals surface area contributed by atoms with Crippen molar-refractivity contribution >= 4 is 5.71 Å². The number of nitrogens with zero attached hydrogens (tertiary/aromatic N) is 3. The van der Waals surface area contributed by atoms with Gasteiger partial charge in [0.05, 0.1) is 28.9 Å². The van der Waals surface area contributed by atoms with E-state index in [1.165, 1.54) is 30.3 Å². The Labute approximate surface area is 154 Å². The van der Waals surface area contributed by atoms with Gasteiger partial charge in [-0.1, -0.05) is 6.07 Å². The van der Waals surface area contributed by atoms with Crippen LogP contribution in [0.1, 0.15) is 35.6 Å². The van der Waals surface area contributed by atoms with E-state index in [1.807, 2.05) is 11.6 Å². The van der Waals surface area contributed by atoms with Crippen LogP contribution in [0.25, 0.3) is 5.69 Å². The van der Waals surface area contributed by atoms with E-state index in [0.717, 1.165) is 5.69 Å². The Morgan fingerprint density at radius 2 is 1.85 bits per heavy atom. The molecule has 0 fully saturated rings. The topological polar surface area (TPSA) is 42.2 Å². The minimum Gasteiger partial charge on any atom is -0.314 e. The average molecular weight is 370 g/mol. The van der Waals surface area contributed by atoms with E-state index in [2.05, 4.69) is 15.3 Å². The molecule has 3 aromatic rings. The Bertz CT molecular complexity index is 1040. The molecule has 0 aliphatic carbocycles. The second kappa shape index (κ2) is 6.66. The number of aliphatic imine (C=N–C) groups is 1. The normalized spacial score (nSPS) is 15.7. The van der Waals surface area contributed by atoms with Gasteiger partial charge in [0, 0.05) is 12.1 Å². The Kier molecular flexibility index (Phi) is 4.31. The van der Waals surface area contributed by atoms with Gasteiger partial charge in [0.1, 0.15) is 29.3 Å². The van der Waals surface area contributed by atoms with Crippen LogP contribution in [0.2, 0.25) is 0 Å². The van der Waals surface area contributed by atoms with Crippen LogP contribution < -0.4 is 5.32 Å². The SMILES string of the molecule is CNCc1cnc2n1-c1ccc(F)cc1C(c1c(F)cccc1F)=NC2C. The van der Waals surface area contributed by atoms with Crippen molar-refractivity contribution in [2.24, 2.45) is 4.99 Å². The van der Waals surface area contributed by atoms with Crippen LogP contribution in [0.3, 0.4) is 0 Å². The zero-order valence-corrected chi connectivity index (χ0v) is 14.8. The van der Waals surface area contributed by atoms with Crippen LogP contribution >= 0.6 is 0 Å². The first-order chi connectivity index (χ1) is 13.0. The van der Waals surface area contributed by atoms with Crippen LogP contribution in [0.15, 0.2) is 47.6 Å². The molecule has 0 amide bonds. The van der Waals surface area contributed by atoms with Crippen LogP contribution in [0, 0.1) is 17.5 Å². The van der Waals surface area contributed by atoms with Crippen molar-refractivity contribution in [2.45, 2.75) is 19.5 Å². The molecule has 4 rings (SSSR count). The molecule has 1 unspecified atom stereocenters. The Morgan fingerprint density at radius 3 is 2.56 bits per heavy atom. The summed E-state index contributed by atoms with van der Waals surface area (Å²) < 4.78 is 44.9. The molecule has 2 heterocycles. The second-order valence-corrected chi connectivity index (χ2v) is 6.39. The first-order valence-corrected chi connectivity index (χ1v) is 8.55. The number of aromatic nitrogens is 2. The predicted octanol–water partition coefficient (Wildman–Crippen LogP) is 3.92. The number of hydrogen-bond donors (Lipinski definition) is 1. The van der Waals surface area contributed by atoms with Gasteiger partial charge in [0.15, 0.2) is 0 Å². The largest absolute Gasteiger partial charge is 0.314 e. The van der Waals surface area contributed by atoms with Gasteiger partial charge in [-0.25, -0.2) is 18.2 Å². The zero-order chi connectivity index (χ0) is 19.1. The summed E-state index contributed by atoms with van der Waals surface area (Å²) in [5.41, 5.74) is 1.56. The van der Waals surface area contributed by atoms with Crippen molar-refractivity contribution in [3.8, 4) is 5.69 Å². The minimum absolute atomic E-state index is 0.0773. The molecule has 0 radical (unpaired) electrons. The van der Waals surface area contributed by atoms with Crippen LogP contribution in [-0.4, -0.2) is 22.3 Å². The molecule has 4 nitrogen and oxygen atoms in total. The van der Waals surface area contributed by atoms with Crippen molar-refractivity contribution < 1.29 is 13.2 Å². The summed E-state index contributed by atoms with van der Waals surface area (Å²) in [5, 5.41) is 3.07. The van der Waals surface area contributed by atoms with Gasteiger partial charge < -0.3 is 5.32 Å². The quantitative estimate of drug-likeness (QED) is 0.759. The molecule has 1 atom stereocenters. The first kappa shape index (κ1) is 17.5. The average Bonchev–Trinajstić information content (AvgIpc) is 2.99. The number of rotatable bonds is 3. The fraction of sp³-hybridized carbons (Fsp3) is 0.200. The molecule has 1 aliphatic heterocycles. The van der Waals surface area contributed by atoms with E-state index in [1.54, 1.807) is 19.2 Å². The van der Waals surface area contributed by atoms with Crippen LogP contribution in [0.4, 0.5) is 13.2 Å². The second-order valence-electron chi connectivity index (χ2n) is 6.39. The minimum atomic E-state index is -0.744. The number of fused-ring (bicyclic) bond motifs is 3. The van der Waals surface area contributed by atoms with Crippen molar-refractivity contribution in [1.82, 2.24) is 14.9 Å². The third kappa shape index (κ3) is 2.84. The Hall–Kier alpha value is -2.93. The number of benzene rings is 2. The summed E-state index contributed by atoms with van der Waals surface area (Å²) in [5.74, 6) is -1.37. The summed E-state index contributed by atoms with van der Waals surface area (Å²) in [4.78, 5) is 8.98. The highest BCUT2D eigenvalue weighted by atomic mass is 19.1. The summed E-state index contributed by atoms with van der Waals surface area (Å²) in [6, 6.07) is 7.31. The molecule has 1 aliphatic rings. The summed E-state index contributed by atoms with van der Waals surface area (Å²) in [6.07, 6.45) is 1.72. The highest BCUT2D eigenvalue weighted by molar-refractivity contribution is 6.15. The maximum absolute atomic E-state index is 14.5. The molecule has 0 saturated carbocycles. The maximum Gasteiger partial charge on any atom is 0.138 e. The van der Waals surface area contributed by atoms with E-state index >= 15 is 0 Å². The molecule has 1 aromatic heterocycles. The monoisotopic (exact) mass is 370 g/mol. The van der Waals surface area contributed by atoms with Gasteiger partial charge in [-0.05, 0) is 44.3 Å². The molecule has 138 valence electrons. The molecule has 0 saturated heterocycles. The molecular formula is C20H17F3N4. The van der Waals surface area contributed by atoms with Gasteiger partial charge in [-0.3, -0.25) is 9.56 Å². The molecule has 2 aromatic carbocycles. The number of halogens is 3. The van der Waals surface area contributed by atoms with Crippen LogP contribution in [0.5, 0.6) is 0 Å². The molecule has 0 spiro atoms. The van der Waals surface area contributed by atoms with E-state index in [0.29, 0.717) is 23.6 Å². The predicted molar refractivity (Wildman–Crippen MR) is 96.7 cm³/mol. The molecular weight excluding hydrogens is 353 g/mol. The lowest BCUT2D eigenvalue weighted by Crippen LogP contribution is -2.14. The number of hydrogen-bond acceptors (Lipinski definition) is 3. The van der Waals surface area contributed by atoms with Crippen molar-refractivity contribution in [3.63, 3.8) is 0 Å². The highest BCUT2D eigenvalue weighted by Gasteiger charge is 2.28. The molecule has 1 N–H and O–H groups in total. The van der Waals surface area contributed by atoms with E-state index in [9.17, 15) is 13.2 Å². The molecule has 27 heavy (non-hydrogen) atoms. The Morgan fingerprint density at radius 1 is 1.11 bits per heavy atom. The fourth-order valence-electron chi connectivity index (χ4n) is 3.42. The van der Waals surface area contributed by atoms with Crippen molar-refractivity contribution in [2.75, 3.05) is 7.05 Å². The zero-order valence-electron chi connectivity index (χ0n) is 14.8. The van der Waals surface area contributed by atoms with E-state index < -0.39 is 23.5 Å². The Balaban J connectivity index is 2.05. The summed E-state index contributed by atoms with van der Waals surface area (Å²) in [7, 11) is 1.81. The summed E-state index contributed by atoms with van der Waals surface area (Å²) in [6.45, 7) is 2.32. The third-order valence-electron chi connectivity index (χ3n) is 4.57. The van der Waals surface area contributed by atoms with Crippen LogP contribution in [-0.2, 0) is 6.54 Å². The number of imidazole rings is 1. The molecule has 7 heteroatoms. The lowest BCUT2D eigenvalue weighted by molar-refractivity contribution is 0.578. The van der Waals surface area contributed by atoms with Crippen molar-refractivity contribution in [3.05, 3.63) is 82.7 Å². The summed E-state index contributed by atoms with van der Waals surface area (Å²) >= 11 is 0. The van der Waals surface area contributed by atoms with E-state index in [-0.39, 0.29) is 11.3 Å². The van der Waals surface area contributed by atoms with Gasteiger partial charge in [-0.15, -0.1) is 0 Å². The smallest absolute Gasteiger partial charge is 0.138 e. The fourth-order valence-corrected chi connectivity index (χ4v) is 3.42.